The molecule has 0 atom stereocenters. The first kappa shape index (κ1) is 20.0. The Hall–Kier alpha value is -1.72. The number of halogens is 1. The highest BCUT2D eigenvalue weighted by molar-refractivity contribution is 9.12. The molecule has 0 unspecified atom stereocenters. The maximum atomic E-state index is 13.1. The molecule has 1 heterocycles. The van der Waals surface area contributed by atoms with Crippen LogP contribution in [-0.4, -0.2) is 16.7 Å². The van der Waals surface area contributed by atoms with Crippen molar-refractivity contribution in [2.45, 2.75) is 52.4 Å². The molecule has 0 fully saturated rings. The summed E-state index contributed by atoms with van der Waals surface area (Å²) in [7, 11) is 0. The first-order valence-electron chi connectivity index (χ1n) is 8.79. The fraction of sp³-hybridized carbons (Fsp3) is 0.364. The zero-order valence-corrected chi connectivity index (χ0v) is 18.8. The number of aromatic hydroxyl groups is 1. The van der Waals surface area contributed by atoms with Gasteiger partial charge in [0, 0.05) is 22.3 Å². The average molecular weight is 447 g/mol. The highest BCUT2D eigenvalue weighted by Crippen LogP contribution is 2.44. The predicted molar refractivity (Wildman–Crippen MR) is 114 cm³/mol. The van der Waals surface area contributed by atoms with Gasteiger partial charge in [-0.1, -0.05) is 41.5 Å². The van der Waals surface area contributed by atoms with Crippen molar-refractivity contribution in [2.24, 2.45) is 0 Å². The maximum absolute atomic E-state index is 13.1. The van der Waals surface area contributed by atoms with E-state index in [2.05, 4.69) is 15.9 Å². The van der Waals surface area contributed by atoms with E-state index in [-0.39, 0.29) is 32.6 Å². The molecule has 2 aromatic rings. The van der Waals surface area contributed by atoms with Crippen molar-refractivity contribution in [1.29, 1.82) is 0 Å². The molecule has 5 heteroatoms. The zero-order valence-electron chi connectivity index (χ0n) is 16.4. The van der Waals surface area contributed by atoms with E-state index in [0.717, 1.165) is 11.1 Å². The Labute approximate surface area is 172 Å². The van der Waals surface area contributed by atoms with Crippen molar-refractivity contribution < 1.29 is 14.7 Å². The van der Waals surface area contributed by atoms with Crippen molar-refractivity contribution in [1.82, 2.24) is 0 Å². The Morgan fingerprint density at radius 2 is 1.44 bits per heavy atom. The smallest absolute Gasteiger partial charge is 0.205 e. The van der Waals surface area contributed by atoms with Crippen LogP contribution >= 0.6 is 27.3 Å². The van der Waals surface area contributed by atoms with Crippen LogP contribution in [0.2, 0.25) is 0 Å². The standard InChI is InChI=1S/C22H23BrO3S/c1-21(2,3)13-9-11(10-14(18(13)25)22(4,5)6)15-16(23)17(24)12-7-8-27-20(12)19(15)26/h7-10,25H,1-6H3. The Kier molecular flexibility index (Phi) is 4.76. The molecule has 1 N–H and O–H groups in total. The molecule has 3 nitrogen and oxygen atoms in total. The summed E-state index contributed by atoms with van der Waals surface area (Å²) in [5, 5.41) is 12.7. The molecule has 0 radical (unpaired) electrons. The van der Waals surface area contributed by atoms with Gasteiger partial charge in [0.2, 0.25) is 11.6 Å². The van der Waals surface area contributed by atoms with E-state index in [9.17, 15) is 14.7 Å². The van der Waals surface area contributed by atoms with Crippen LogP contribution < -0.4 is 0 Å². The summed E-state index contributed by atoms with van der Waals surface area (Å²) in [5.41, 5.74) is 2.36. The van der Waals surface area contributed by atoms with Crippen molar-refractivity contribution in [3.05, 3.63) is 55.2 Å². The van der Waals surface area contributed by atoms with Crippen LogP contribution in [0, 0.1) is 0 Å². The lowest BCUT2D eigenvalue weighted by atomic mass is 9.77. The van der Waals surface area contributed by atoms with E-state index >= 15 is 0 Å². The summed E-state index contributed by atoms with van der Waals surface area (Å²) in [6.45, 7) is 12.1. The minimum atomic E-state index is -0.317. The molecule has 0 saturated carbocycles. The lowest BCUT2D eigenvalue weighted by molar-refractivity contribution is 0.100. The first-order valence-corrected chi connectivity index (χ1v) is 10.5. The number of phenols is 1. The maximum Gasteiger partial charge on any atom is 0.205 e. The molecule has 1 aromatic carbocycles. The summed E-state index contributed by atoms with van der Waals surface area (Å²) in [5.74, 6) is -0.0812. The van der Waals surface area contributed by atoms with Gasteiger partial charge in [0.15, 0.2) is 0 Å². The van der Waals surface area contributed by atoms with E-state index in [1.54, 1.807) is 11.4 Å². The normalized spacial score (nSPS) is 15.4. The van der Waals surface area contributed by atoms with Crippen molar-refractivity contribution in [3.8, 4) is 5.75 Å². The summed E-state index contributed by atoms with van der Waals surface area (Å²) in [6.07, 6.45) is 0. The molecule has 3 rings (SSSR count). The molecule has 0 bridgehead atoms. The van der Waals surface area contributed by atoms with E-state index in [0.29, 0.717) is 21.6 Å². The topological polar surface area (TPSA) is 54.4 Å². The molecule has 27 heavy (non-hydrogen) atoms. The highest BCUT2D eigenvalue weighted by atomic mass is 79.9. The number of Topliss-reactive ketones (excluding diaryl/α,β-unsaturated/α-hetero) is 2. The number of benzene rings is 1. The Balaban J connectivity index is 2.33. The molecular weight excluding hydrogens is 424 g/mol. The number of allylic oxidation sites excluding steroid dienone is 2. The van der Waals surface area contributed by atoms with Crippen LogP contribution in [0.15, 0.2) is 28.1 Å². The van der Waals surface area contributed by atoms with E-state index in [1.807, 2.05) is 53.7 Å². The summed E-state index contributed by atoms with van der Waals surface area (Å²) >= 11 is 4.66. The second kappa shape index (κ2) is 6.42. The summed E-state index contributed by atoms with van der Waals surface area (Å²) < 4.78 is 0.281. The third kappa shape index (κ3) is 3.32. The summed E-state index contributed by atoms with van der Waals surface area (Å²) in [6, 6.07) is 5.37. The molecule has 142 valence electrons. The number of thiophene rings is 1. The van der Waals surface area contributed by atoms with Gasteiger partial charge in [0.05, 0.1) is 9.36 Å². The van der Waals surface area contributed by atoms with E-state index in [1.165, 1.54) is 11.3 Å². The molecule has 1 aromatic heterocycles. The van der Waals surface area contributed by atoms with Gasteiger partial charge in [-0.05, 0) is 55.9 Å². The third-order valence-electron chi connectivity index (χ3n) is 4.78. The average Bonchev–Trinajstić information content (AvgIpc) is 3.02. The summed E-state index contributed by atoms with van der Waals surface area (Å²) in [4.78, 5) is 26.4. The van der Waals surface area contributed by atoms with Crippen LogP contribution in [0.5, 0.6) is 5.75 Å². The number of carbonyl (C=O) groups is 2. The Bertz CT molecular complexity index is 962. The second-order valence-corrected chi connectivity index (χ2v) is 10.6. The van der Waals surface area contributed by atoms with Gasteiger partial charge < -0.3 is 5.11 Å². The quantitative estimate of drug-likeness (QED) is 0.564. The zero-order chi connectivity index (χ0) is 20.3. The third-order valence-corrected chi connectivity index (χ3v) is 6.45. The van der Waals surface area contributed by atoms with E-state index < -0.39 is 0 Å². The molecule has 0 spiro atoms. The SMILES string of the molecule is CC(C)(C)c1cc(C2=C(Br)C(=O)c3ccsc3C2=O)cc(C(C)(C)C)c1O. The van der Waals surface area contributed by atoms with Gasteiger partial charge >= 0.3 is 0 Å². The monoisotopic (exact) mass is 446 g/mol. The number of fused-ring (bicyclic) bond motifs is 1. The highest BCUT2D eigenvalue weighted by Gasteiger charge is 2.35. The lowest BCUT2D eigenvalue weighted by Gasteiger charge is -2.29. The van der Waals surface area contributed by atoms with Gasteiger partial charge in [0.25, 0.3) is 0 Å². The Morgan fingerprint density at radius 1 is 0.926 bits per heavy atom. The van der Waals surface area contributed by atoms with Crippen LogP contribution in [-0.2, 0) is 10.8 Å². The van der Waals surface area contributed by atoms with Gasteiger partial charge in [-0.15, -0.1) is 11.3 Å². The van der Waals surface area contributed by atoms with Crippen molar-refractivity contribution in [2.75, 3.05) is 0 Å². The van der Waals surface area contributed by atoms with Crippen LogP contribution in [0.4, 0.5) is 0 Å². The van der Waals surface area contributed by atoms with Crippen LogP contribution in [0.25, 0.3) is 5.57 Å². The van der Waals surface area contributed by atoms with Gasteiger partial charge in [-0.25, -0.2) is 0 Å². The minimum absolute atomic E-state index is 0.156. The van der Waals surface area contributed by atoms with Crippen LogP contribution in [0.1, 0.15) is 78.3 Å². The van der Waals surface area contributed by atoms with Gasteiger partial charge in [-0.2, -0.15) is 0 Å². The second-order valence-electron chi connectivity index (χ2n) is 8.93. The van der Waals surface area contributed by atoms with E-state index in [4.69, 9.17) is 0 Å². The number of hydrogen-bond acceptors (Lipinski definition) is 4. The number of ketones is 2. The number of hydrogen-bond donors (Lipinski definition) is 1. The number of rotatable bonds is 1. The van der Waals surface area contributed by atoms with Crippen molar-refractivity contribution >= 4 is 44.4 Å². The fourth-order valence-corrected chi connectivity index (χ4v) is 4.75. The molecule has 1 aliphatic rings. The van der Waals surface area contributed by atoms with Crippen molar-refractivity contribution in [3.63, 3.8) is 0 Å². The number of phenolic OH excluding ortho intramolecular Hbond substituents is 1. The molecular formula is C22H23BrO3S. The predicted octanol–water partition coefficient (Wildman–Crippen LogP) is 6.23. The number of carbonyl (C=O) groups excluding carboxylic acids is 2. The first-order chi connectivity index (χ1) is 12.3. The molecule has 0 amide bonds. The van der Waals surface area contributed by atoms with Gasteiger partial charge in [-0.3, -0.25) is 9.59 Å². The minimum Gasteiger partial charge on any atom is -0.507 e. The lowest BCUT2D eigenvalue weighted by Crippen LogP contribution is -2.20. The van der Waals surface area contributed by atoms with Crippen LogP contribution in [0.3, 0.4) is 0 Å². The van der Waals surface area contributed by atoms with Gasteiger partial charge in [0.1, 0.15) is 5.75 Å². The fourth-order valence-electron chi connectivity index (χ4n) is 3.29. The Morgan fingerprint density at radius 3 is 1.93 bits per heavy atom. The molecule has 0 saturated heterocycles. The largest absolute Gasteiger partial charge is 0.507 e. The molecule has 0 aliphatic heterocycles. The molecule has 1 aliphatic carbocycles.